The van der Waals surface area contributed by atoms with Crippen LogP contribution in [0.1, 0.15) is 28.8 Å². The number of fused-ring (bicyclic) bond motifs is 1. The summed E-state index contributed by atoms with van der Waals surface area (Å²) in [7, 11) is 0. The fraction of sp³-hybridized carbons (Fsp3) is 0.438. The predicted octanol–water partition coefficient (Wildman–Crippen LogP) is 1.96. The number of rotatable bonds is 3. The van der Waals surface area contributed by atoms with E-state index in [0.29, 0.717) is 37.4 Å². The minimum atomic E-state index is -0.597. The van der Waals surface area contributed by atoms with Crippen LogP contribution in [0.4, 0.5) is 0 Å². The van der Waals surface area contributed by atoms with Gasteiger partial charge in [-0.1, -0.05) is 0 Å². The number of carbonyl (C=O) groups excluding carboxylic acids is 1. The Morgan fingerprint density at radius 1 is 1.43 bits per heavy atom. The van der Waals surface area contributed by atoms with Crippen LogP contribution in [0, 0.1) is 6.92 Å². The van der Waals surface area contributed by atoms with Crippen molar-refractivity contribution in [2.45, 2.75) is 25.3 Å². The van der Waals surface area contributed by atoms with Crippen LogP contribution >= 0.6 is 0 Å². The number of amides is 1. The second kappa shape index (κ2) is 5.50. The predicted molar refractivity (Wildman–Crippen MR) is 77.4 cm³/mol. The van der Waals surface area contributed by atoms with Gasteiger partial charge in [0.2, 0.25) is 0 Å². The Hall–Kier alpha value is -1.85. The van der Waals surface area contributed by atoms with Gasteiger partial charge < -0.3 is 19.6 Å². The number of nitrogens with one attached hydrogen (secondary N) is 1. The largest absolute Gasteiger partial charge is 0.464 e. The van der Waals surface area contributed by atoms with Gasteiger partial charge in [0.15, 0.2) is 0 Å². The van der Waals surface area contributed by atoms with Gasteiger partial charge in [0.1, 0.15) is 5.76 Å². The van der Waals surface area contributed by atoms with Crippen molar-refractivity contribution in [2.75, 3.05) is 19.8 Å². The topological polar surface area (TPSA) is 71.7 Å². The molecule has 0 atom stereocenters. The Bertz CT molecular complexity index is 613. The molecule has 0 spiro atoms. The molecule has 3 aliphatic rings. The highest BCUT2D eigenvalue weighted by Crippen LogP contribution is 2.32. The van der Waals surface area contributed by atoms with Gasteiger partial charge in [-0.2, -0.15) is 0 Å². The van der Waals surface area contributed by atoms with Crippen LogP contribution in [0.15, 0.2) is 28.9 Å². The number of hydrogen-bond acceptors (Lipinski definition) is 4. The van der Waals surface area contributed by atoms with Gasteiger partial charge in [-0.05, 0) is 43.5 Å². The summed E-state index contributed by atoms with van der Waals surface area (Å²) < 4.78 is 10.8. The van der Waals surface area contributed by atoms with Crippen molar-refractivity contribution in [3.05, 3.63) is 35.6 Å². The van der Waals surface area contributed by atoms with Gasteiger partial charge in [0, 0.05) is 18.8 Å². The van der Waals surface area contributed by atoms with E-state index in [1.54, 1.807) is 12.3 Å². The summed E-state index contributed by atoms with van der Waals surface area (Å²) in [5.74, 6) is 0.390. The Morgan fingerprint density at radius 3 is 2.90 bits per heavy atom. The van der Waals surface area contributed by atoms with Crippen molar-refractivity contribution >= 4 is 5.91 Å². The molecule has 21 heavy (non-hydrogen) atoms. The molecule has 0 radical (unpaired) electrons. The van der Waals surface area contributed by atoms with Gasteiger partial charge >= 0.3 is 0 Å². The average Bonchev–Trinajstić information content (AvgIpc) is 2.84. The molecule has 1 saturated heterocycles. The van der Waals surface area contributed by atoms with Gasteiger partial charge in [0.05, 0.1) is 24.0 Å². The summed E-state index contributed by atoms with van der Waals surface area (Å²) in [6, 6.07) is 5.65. The molecule has 3 rings (SSSR count). The van der Waals surface area contributed by atoms with E-state index in [-0.39, 0.29) is 12.5 Å². The van der Waals surface area contributed by atoms with Crippen LogP contribution in [0.3, 0.4) is 0 Å². The van der Waals surface area contributed by atoms with Gasteiger partial charge in [-0.25, -0.2) is 0 Å². The molecular formula is C16H19NO4. The quantitative estimate of drug-likeness (QED) is 0.906. The summed E-state index contributed by atoms with van der Waals surface area (Å²) in [6.07, 6.45) is 2.79. The summed E-state index contributed by atoms with van der Waals surface area (Å²) in [5.41, 5.74) is 1.73. The summed E-state index contributed by atoms with van der Waals surface area (Å²) in [4.78, 5) is 12.6. The molecule has 2 aliphatic heterocycles. The fourth-order valence-electron chi connectivity index (χ4n) is 2.87. The highest BCUT2D eigenvalue weighted by Gasteiger charge is 2.35. The Labute approximate surface area is 123 Å². The molecule has 1 fully saturated rings. The molecule has 0 aromatic rings. The first-order chi connectivity index (χ1) is 10.2. The third-order valence-electron chi connectivity index (χ3n) is 4.15. The first kappa shape index (κ1) is 14.1. The van der Waals surface area contributed by atoms with Crippen molar-refractivity contribution in [2.24, 2.45) is 0 Å². The standard InChI is InChI=1S/C16H19NO4/c1-11-9-12-3-2-6-21-14(12)13(11)15(19)17-16(10-18)4-7-20-8-5-16/h2-3,6,9,18H,4-5,7-8,10H2,1H3,(H,17,19). The smallest absolute Gasteiger partial charge is 0.255 e. The lowest BCUT2D eigenvalue weighted by Gasteiger charge is -2.36. The molecule has 112 valence electrons. The third-order valence-corrected chi connectivity index (χ3v) is 4.15. The summed E-state index contributed by atoms with van der Waals surface area (Å²) in [5, 5.41) is 12.7. The van der Waals surface area contributed by atoms with E-state index in [1.807, 2.05) is 19.1 Å². The van der Waals surface area contributed by atoms with E-state index < -0.39 is 5.54 Å². The second-order valence-corrected chi connectivity index (χ2v) is 5.60. The molecule has 5 nitrogen and oxygen atoms in total. The lowest BCUT2D eigenvalue weighted by molar-refractivity contribution is 0.0125. The van der Waals surface area contributed by atoms with Gasteiger partial charge in [0.25, 0.3) is 5.91 Å². The molecule has 2 N–H and O–H groups in total. The monoisotopic (exact) mass is 289 g/mol. The number of ether oxygens (including phenoxy) is 1. The van der Waals surface area contributed by atoms with E-state index in [0.717, 1.165) is 11.1 Å². The fourth-order valence-corrected chi connectivity index (χ4v) is 2.87. The Balaban J connectivity index is 1.89. The number of hydrogen-bond donors (Lipinski definition) is 2. The molecule has 0 aromatic heterocycles. The van der Waals surface area contributed by atoms with Gasteiger partial charge in [-0.3, -0.25) is 4.79 Å². The van der Waals surface area contributed by atoms with Crippen LogP contribution in [-0.2, 0) is 4.74 Å². The maximum Gasteiger partial charge on any atom is 0.255 e. The first-order valence-electron chi connectivity index (χ1n) is 7.13. The zero-order valence-corrected chi connectivity index (χ0v) is 12.0. The van der Waals surface area contributed by atoms with E-state index in [1.165, 1.54) is 0 Å². The summed E-state index contributed by atoms with van der Waals surface area (Å²) in [6.45, 7) is 2.90. The average molecular weight is 289 g/mol. The van der Waals surface area contributed by atoms with Crippen molar-refractivity contribution in [1.29, 1.82) is 0 Å². The molecule has 0 bridgehead atoms. The zero-order valence-electron chi connectivity index (χ0n) is 12.0. The molecular weight excluding hydrogens is 270 g/mol. The zero-order chi connectivity index (χ0) is 14.9. The van der Waals surface area contributed by atoms with E-state index in [9.17, 15) is 9.90 Å². The van der Waals surface area contributed by atoms with Gasteiger partial charge in [-0.15, -0.1) is 0 Å². The first-order valence-corrected chi connectivity index (χ1v) is 7.13. The van der Waals surface area contributed by atoms with Crippen molar-refractivity contribution in [1.82, 2.24) is 5.32 Å². The third kappa shape index (κ3) is 2.54. The summed E-state index contributed by atoms with van der Waals surface area (Å²) >= 11 is 0. The molecule has 0 aromatic carbocycles. The minimum absolute atomic E-state index is 0.0864. The van der Waals surface area contributed by atoms with Crippen molar-refractivity contribution in [3.8, 4) is 11.3 Å². The number of aliphatic hydroxyl groups excluding tert-OH is 1. The molecule has 0 saturated carbocycles. The molecule has 2 heterocycles. The van der Waals surface area contributed by atoms with Crippen molar-refractivity contribution in [3.63, 3.8) is 0 Å². The molecule has 0 unspecified atom stereocenters. The van der Waals surface area contributed by atoms with Crippen molar-refractivity contribution < 1.29 is 19.1 Å². The number of aryl methyl sites for hydroxylation is 1. The van der Waals surface area contributed by atoms with Crippen LogP contribution in [-0.4, -0.2) is 36.4 Å². The van der Waals surface area contributed by atoms with Crippen LogP contribution in [0.5, 0.6) is 0 Å². The molecule has 1 aliphatic carbocycles. The number of aliphatic hydroxyl groups is 1. The highest BCUT2D eigenvalue weighted by molar-refractivity contribution is 6.02. The number of carbonyl (C=O) groups is 1. The minimum Gasteiger partial charge on any atom is -0.464 e. The maximum absolute atomic E-state index is 12.6. The van der Waals surface area contributed by atoms with E-state index >= 15 is 0 Å². The van der Waals surface area contributed by atoms with E-state index in [2.05, 4.69) is 5.32 Å². The molecule has 5 heteroatoms. The van der Waals surface area contributed by atoms with Crippen LogP contribution in [0.2, 0.25) is 0 Å². The Kier molecular flexibility index (Phi) is 3.69. The van der Waals surface area contributed by atoms with Crippen LogP contribution < -0.4 is 5.32 Å². The second-order valence-electron chi connectivity index (χ2n) is 5.60. The van der Waals surface area contributed by atoms with Crippen LogP contribution in [0.25, 0.3) is 11.3 Å². The lowest BCUT2D eigenvalue weighted by atomic mass is 9.90. The molecule has 1 amide bonds. The SMILES string of the molecule is Cc1cc2cccoc-2c1C(=O)NC1(CO)CCOCC1. The lowest BCUT2D eigenvalue weighted by Crippen LogP contribution is -2.54. The van der Waals surface area contributed by atoms with E-state index in [4.69, 9.17) is 9.15 Å². The Morgan fingerprint density at radius 2 is 2.19 bits per heavy atom. The normalized spacial score (nSPS) is 17.8. The highest BCUT2D eigenvalue weighted by atomic mass is 16.5. The maximum atomic E-state index is 12.6.